The summed E-state index contributed by atoms with van der Waals surface area (Å²) in [6.45, 7) is 1.80. The Labute approximate surface area is 127 Å². The predicted octanol–water partition coefficient (Wildman–Crippen LogP) is 3.53. The third-order valence-corrected chi connectivity index (χ3v) is 5.11. The van der Waals surface area contributed by atoms with Gasteiger partial charge in [-0.05, 0) is 36.2 Å². The van der Waals surface area contributed by atoms with E-state index in [-0.39, 0.29) is 16.3 Å². The summed E-state index contributed by atoms with van der Waals surface area (Å²) >= 11 is 5.90. The highest BCUT2D eigenvalue weighted by molar-refractivity contribution is 7.90. The molecule has 21 heavy (non-hydrogen) atoms. The van der Waals surface area contributed by atoms with Crippen molar-refractivity contribution < 1.29 is 13.3 Å². The quantitative estimate of drug-likeness (QED) is 0.636. The standard InChI is InChI=1S/C14H12ClNO4S/c1-10-8-11(2-7-14(10)15)9-21(19,20)13-5-3-12(4-6-13)16(17)18/h2-8H,9H2,1H3. The SMILES string of the molecule is Cc1cc(CS(=O)(=O)c2ccc([N+](=O)[O-])cc2)ccc1Cl. The maximum atomic E-state index is 12.3. The van der Waals surface area contributed by atoms with E-state index in [9.17, 15) is 18.5 Å². The molecular weight excluding hydrogens is 314 g/mol. The summed E-state index contributed by atoms with van der Waals surface area (Å²) in [4.78, 5) is 10.1. The Bertz CT molecular complexity index is 785. The van der Waals surface area contributed by atoms with Crippen LogP contribution in [0.2, 0.25) is 5.02 Å². The van der Waals surface area contributed by atoms with Gasteiger partial charge in [0.25, 0.3) is 5.69 Å². The molecule has 0 bridgehead atoms. The van der Waals surface area contributed by atoms with Gasteiger partial charge in [0.1, 0.15) is 0 Å². The summed E-state index contributed by atoms with van der Waals surface area (Å²) in [6.07, 6.45) is 0. The van der Waals surface area contributed by atoms with Crippen molar-refractivity contribution in [2.24, 2.45) is 0 Å². The lowest BCUT2D eigenvalue weighted by Crippen LogP contribution is -2.05. The summed E-state index contributed by atoms with van der Waals surface area (Å²) in [5.74, 6) is -0.178. The van der Waals surface area contributed by atoms with Crippen LogP contribution in [0.5, 0.6) is 0 Å². The first-order valence-electron chi connectivity index (χ1n) is 6.02. The van der Waals surface area contributed by atoms with Crippen LogP contribution in [-0.4, -0.2) is 13.3 Å². The lowest BCUT2D eigenvalue weighted by Gasteiger charge is -2.06. The zero-order valence-electron chi connectivity index (χ0n) is 11.1. The van der Waals surface area contributed by atoms with E-state index in [0.29, 0.717) is 10.6 Å². The van der Waals surface area contributed by atoms with E-state index in [0.717, 1.165) is 5.56 Å². The molecule has 0 aliphatic carbocycles. The van der Waals surface area contributed by atoms with E-state index in [4.69, 9.17) is 11.6 Å². The van der Waals surface area contributed by atoms with Gasteiger partial charge in [-0.25, -0.2) is 8.42 Å². The van der Waals surface area contributed by atoms with Gasteiger partial charge in [0.2, 0.25) is 0 Å². The third kappa shape index (κ3) is 3.59. The lowest BCUT2D eigenvalue weighted by atomic mass is 10.2. The second-order valence-corrected chi connectivity index (χ2v) is 6.99. The van der Waals surface area contributed by atoms with Gasteiger partial charge in [-0.2, -0.15) is 0 Å². The first-order valence-corrected chi connectivity index (χ1v) is 8.05. The summed E-state index contributed by atoms with van der Waals surface area (Å²) in [7, 11) is -3.55. The van der Waals surface area contributed by atoms with Crippen LogP contribution in [0.1, 0.15) is 11.1 Å². The fraction of sp³-hybridized carbons (Fsp3) is 0.143. The first kappa shape index (κ1) is 15.5. The van der Waals surface area contributed by atoms with E-state index in [1.54, 1.807) is 25.1 Å². The average molecular weight is 326 g/mol. The van der Waals surface area contributed by atoms with Crippen molar-refractivity contribution in [3.63, 3.8) is 0 Å². The minimum absolute atomic E-state index is 0.0562. The minimum atomic E-state index is -3.55. The van der Waals surface area contributed by atoms with E-state index in [1.807, 2.05) is 0 Å². The van der Waals surface area contributed by atoms with Crippen LogP contribution in [0.4, 0.5) is 5.69 Å². The largest absolute Gasteiger partial charge is 0.269 e. The number of nitro benzene ring substituents is 1. The molecule has 0 aromatic heterocycles. The van der Waals surface area contributed by atoms with Crippen LogP contribution in [0.3, 0.4) is 0 Å². The number of halogens is 1. The number of nitro groups is 1. The summed E-state index contributed by atoms with van der Waals surface area (Å²) in [5.41, 5.74) is 1.28. The van der Waals surface area contributed by atoms with Gasteiger partial charge in [-0.1, -0.05) is 23.7 Å². The molecule has 7 heteroatoms. The Morgan fingerprint density at radius 1 is 1.14 bits per heavy atom. The maximum Gasteiger partial charge on any atom is 0.269 e. The molecule has 0 saturated heterocycles. The van der Waals surface area contributed by atoms with Crippen molar-refractivity contribution in [1.29, 1.82) is 0 Å². The van der Waals surface area contributed by atoms with E-state index in [1.165, 1.54) is 24.3 Å². The smallest absolute Gasteiger partial charge is 0.258 e. The van der Waals surface area contributed by atoms with Crippen LogP contribution in [0, 0.1) is 17.0 Å². The fourth-order valence-corrected chi connectivity index (χ4v) is 3.33. The third-order valence-electron chi connectivity index (χ3n) is 2.99. The van der Waals surface area contributed by atoms with Gasteiger partial charge in [0.15, 0.2) is 9.84 Å². The van der Waals surface area contributed by atoms with Crippen molar-refractivity contribution in [2.75, 3.05) is 0 Å². The fourth-order valence-electron chi connectivity index (χ4n) is 1.87. The van der Waals surface area contributed by atoms with E-state index in [2.05, 4.69) is 0 Å². The van der Waals surface area contributed by atoms with Crippen LogP contribution in [0.15, 0.2) is 47.4 Å². The highest BCUT2D eigenvalue weighted by atomic mass is 35.5. The molecule has 2 rings (SSSR count). The highest BCUT2D eigenvalue weighted by Gasteiger charge is 2.17. The van der Waals surface area contributed by atoms with Gasteiger partial charge < -0.3 is 0 Å². The van der Waals surface area contributed by atoms with Crippen molar-refractivity contribution in [1.82, 2.24) is 0 Å². The molecule has 0 aliphatic heterocycles. The zero-order valence-corrected chi connectivity index (χ0v) is 12.7. The molecular formula is C14H12ClNO4S. The maximum absolute atomic E-state index is 12.3. The number of sulfone groups is 1. The Morgan fingerprint density at radius 3 is 2.29 bits per heavy atom. The molecule has 0 amide bonds. The summed E-state index contributed by atoms with van der Waals surface area (Å²) in [5, 5.41) is 11.1. The molecule has 0 fully saturated rings. The van der Waals surface area contributed by atoms with Crippen LogP contribution >= 0.6 is 11.6 Å². The number of hydrogen-bond acceptors (Lipinski definition) is 4. The van der Waals surface area contributed by atoms with Crippen molar-refractivity contribution >= 4 is 27.1 Å². The van der Waals surface area contributed by atoms with Gasteiger partial charge >= 0.3 is 0 Å². The molecule has 0 spiro atoms. The molecule has 0 atom stereocenters. The van der Waals surface area contributed by atoms with Gasteiger partial charge in [-0.15, -0.1) is 0 Å². The number of nitrogens with zero attached hydrogens (tertiary/aromatic N) is 1. The molecule has 0 aliphatic rings. The monoisotopic (exact) mass is 325 g/mol. The van der Waals surface area contributed by atoms with Crippen molar-refractivity contribution in [2.45, 2.75) is 17.6 Å². The Hall–Kier alpha value is -1.92. The second-order valence-electron chi connectivity index (χ2n) is 4.59. The molecule has 0 radical (unpaired) electrons. The Kier molecular flexibility index (Phi) is 4.29. The minimum Gasteiger partial charge on any atom is -0.258 e. The topological polar surface area (TPSA) is 77.3 Å². The Morgan fingerprint density at radius 2 is 1.76 bits per heavy atom. The summed E-state index contributed by atoms with van der Waals surface area (Å²) < 4.78 is 24.6. The first-order chi connectivity index (χ1) is 9.79. The normalized spacial score (nSPS) is 11.3. The van der Waals surface area contributed by atoms with Gasteiger partial charge in [-0.3, -0.25) is 10.1 Å². The lowest BCUT2D eigenvalue weighted by molar-refractivity contribution is -0.384. The second kappa shape index (κ2) is 5.83. The molecule has 110 valence electrons. The number of non-ortho nitro benzene ring substituents is 1. The van der Waals surface area contributed by atoms with Crippen molar-refractivity contribution in [3.8, 4) is 0 Å². The molecule has 0 heterocycles. The van der Waals surface area contributed by atoms with Gasteiger partial charge in [0, 0.05) is 17.2 Å². The molecule has 2 aromatic rings. The average Bonchev–Trinajstić information content (AvgIpc) is 2.43. The molecule has 2 aromatic carbocycles. The number of hydrogen-bond donors (Lipinski definition) is 0. The molecule has 0 saturated carbocycles. The highest BCUT2D eigenvalue weighted by Crippen LogP contribution is 2.22. The van der Waals surface area contributed by atoms with Crippen LogP contribution in [-0.2, 0) is 15.6 Å². The molecule has 0 unspecified atom stereocenters. The van der Waals surface area contributed by atoms with Crippen LogP contribution in [0.25, 0.3) is 0 Å². The number of benzene rings is 2. The number of aryl methyl sites for hydroxylation is 1. The van der Waals surface area contributed by atoms with E-state index >= 15 is 0 Å². The number of rotatable bonds is 4. The Balaban J connectivity index is 2.29. The van der Waals surface area contributed by atoms with Gasteiger partial charge in [0.05, 0.1) is 15.6 Å². The predicted molar refractivity (Wildman–Crippen MR) is 80.2 cm³/mol. The molecule has 5 nitrogen and oxygen atoms in total. The zero-order chi connectivity index (χ0) is 15.6. The molecule has 0 N–H and O–H groups in total. The summed E-state index contributed by atoms with van der Waals surface area (Å²) in [6, 6.07) is 9.87. The van der Waals surface area contributed by atoms with Crippen LogP contribution < -0.4 is 0 Å². The van der Waals surface area contributed by atoms with E-state index < -0.39 is 14.8 Å². The van der Waals surface area contributed by atoms with Crippen molar-refractivity contribution in [3.05, 3.63) is 68.7 Å².